The first-order valence-electron chi connectivity index (χ1n) is 9.91. The molecule has 0 aromatic rings. The van der Waals surface area contributed by atoms with Crippen LogP contribution in [0.15, 0.2) is 11.8 Å². The fraction of sp³-hybridized carbons (Fsp3) is 0.895. The van der Waals surface area contributed by atoms with Crippen molar-refractivity contribution < 1.29 is 30.2 Å². The van der Waals surface area contributed by atoms with Crippen molar-refractivity contribution in [3.8, 4) is 0 Å². The van der Waals surface area contributed by atoms with Gasteiger partial charge in [-0.05, 0) is 35.8 Å². The molecule has 2 aliphatic rings. The van der Waals surface area contributed by atoms with Crippen LogP contribution in [0, 0.1) is 10.8 Å². The maximum atomic E-state index is 12.7. The molecular formula is C19H33F3O4SSi. The monoisotopic (exact) mass is 442 g/mol. The Hall–Kier alpha value is -0.543. The summed E-state index contributed by atoms with van der Waals surface area (Å²) in [6.45, 7) is 11.0. The van der Waals surface area contributed by atoms with Crippen molar-refractivity contribution in [3.63, 3.8) is 0 Å². The summed E-state index contributed by atoms with van der Waals surface area (Å²) in [4.78, 5) is 0. The first kappa shape index (κ1) is 23.7. The molecule has 1 fully saturated rings. The van der Waals surface area contributed by atoms with Gasteiger partial charge in [-0.25, -0.2) is 0 Å². The molecule has 0 saturated heterocycles. The Morgan fingerprint density at radius 1 is 1.07 bits per heavy atom. The van der Waals surface area contributed by atoms with E-state index in [-0.39, 0.29) is 34.2 Å². The van der Waals surface area contributed by atoms with Gasteiger partial charge in [0.05, 0.1) is 6.10 Å². The van der Waals surface area contributed by atoms with E-state index in [0.717, 1.165) is 32.1 Å². The fourth-order valence-corrected chi connectivity index (χ4v) is 5.84. The van der Waals surface area contributed by atoms with Crippen LogP contribution in [0.3, 0.4) is 0 Å². The van der Waals surface area contributed by atoms with E-state index in [1.54, 1.807) is 0 Å². The van der Waals surface area contributed by atoms with Gasteiger partial charge in [0.25, 0.3) is 0 Å². The van der Waals surface area contributed by atoms with Crippen LogP contribution in [0.25, 0.3) is 0 Å². The average Bonchev–Trinajstić information content (AvgIpc) is 2.52. The summed E-state index contributed by atoms with van der Waals surface area (Å²) in [7, 11) is -6.55. The van der Waals surface area contributed by atoms with Gasteiger partial charge >= 0.3 is 15.6 Å². The molecule has 1 unspecified atom stereocenters. The van der Waals surface area contributed by atoms with Gasteiger partial charge in [0.1, 0.15) is 5.76 Å². The maximum absolute atomic E-state index is 12.7. The molecule has 0 aliphatic heterocycles. The largest absolute Gasteiger partial charge is 0.534 e. The lowest BCUT2D eigenvalue weighted by molar-refractivity contribution is -0.0541. The van der Waals surface area contributed by atoms with Crippen LogP contribution >= 0.6 is 0 Å². The van der Waals surface area contributed by atoms with Crippen LogP contribution in [0.1, 0.15) is 79.6 Å². The van der Waals surface area contributed by atoms with E-state index < -0.39 is 25.4 Å². The zero-order chi connectivity index (χ0) is 21.4. The van der Waals surface area contributed by atoms with E-state index >= 15 is 0 Å². The van der Waals surface area contributed by atoms with E-state index in [9.17, 15) is 21.6 Å². The van der Waals surface area contributed by atoms with Gasteiger partial charge in [-0.1, -0.05) is 53.9 Å². The van der Waals surface area contributed by atoms with Crippen molar-refractivity contribution in [1.82, 2.24) is 0 Å². The number of halogens is 3. The van der Waals surface area contributed by atoms with Gasteiger partial charge in [-0.15, -0.1) is 0 Å². The number of alkyl halides is 3. The second-order valence-electron chi connectivity index (χ2n) is 9.92. The molecule has 2 rings (SSSR count). The number of allylic oxidation sites excluding steroid dienone is 1. The summed E-state index contributed by atoms with van der Waals surface area (Å²) in [5, 5.41) is 0.0585. The molecule has 1 saturated carbocycles. The molecule has 0 bridgehead atoms. The van der Waals surface area contributed by atoms with Crippen LogP contribution in [-0.4, -0.2) is 29.8 Å². The Morgan fingerprint density at radius 2 is 1.64 bits per heavy atom. The lowest BCUT2D eigenvalue weighted by Crippen LogP contribution is -2.44. The van der Waals surface area contributed by atoms with Gasteiger partial charge in [-0.3, -0.25) is 0 Å². The first-order valence-corrected chi connectivity index (χ1v) is 12.6. The minimum Gasteiger partial charge on any atom is -0.420 e. The fourth-order valence-electron chi connectivity index (χ4n) is 3.80. The second-order valence-corrected chi connectivity index (χ2v) is 13.9. The SMILES string of the molecule is CC(C)(C)C(C)(C)[SiH2]OC1CC=C(OS(=O)(=O)C(F)(F)F)CC12CCCCC2. The topological polar surface area (TPSA) is 52.6 Å². The van der Waals surface area contributed by atoms with E-state index in [0.29, 0.717) is 6.42 Å². The number of hydrogen-bond acceptors (Lipinski definition) is 4. The van der Waals surface area contributed by atoms with Crippen molar-refractivity contribution in [2.45, 2.75) is 96.2 Å². The average molecular weight is 443 g/mol. The third-order valence-electron chi connectivity index (χ3n) is 6.79. The number of rotatable bonds is 5. The Morgan fingerprint density at radius 3 is 2.14 bits per heavy atom. The molecule has 9 heteroatoms. The number of hydrogen-bond donors (Lipinski definition) is 0. The van der Waals surface area contributed by atoms with Gasteiger partial charge in [0.2, 0.25) is 0 Å². The predicted octanol–water partition coefficient (Wildman–Crippen LogP) is 5.19. The van der Waals surface area contributed by atoms with Crippen LogP contribution in [0.5, 0.6) is 0 Å². The smallest absolute Gasteiger partial charge is 0.420 e. The molecule has 2 aliphatic carbocycles. The zero-order valence-electron chi connectivity index (χ0n) is 17.5. The second kappa shape index (κ2) is 7.94. The lowest BCUT2D eigenvalue weighted by atomic mass is 9.65. The Bertz CT molecular complexity index is 687. The van der Waals surface area contributed by atoms with Crippen molar-refractivity contribution >= 4 is 19.9 Å². The van der Waals surface area contributed by atoms with E-state index in [4.69, 9.17) is 4.43 Å². The molecule has 164 valence electrons. The summed E-state index contributed by atoms with van der Waals surface area (Å²) in [6.07, 6.45) is 6.68. The van der Waals surface area contributed by atoms with E-state index in [1.165, 1.54) is 6.08 Å². The highest BCUT2D eigenvalue weighted by Gasteiger charge is 2.51. The Balaban J connectivity index is 2.19. The highest BCUT2D eigenvalue weighted by Crippen LogP contribution is 2.51. The highest BCUT2D eigenvalue weighted by atomic mass is 32.2. The lowest BCUT2D eigenvalue weighted by Gasteiger charge is -2.48. The molecular weight excluding hydrogens is 409 g/mol. The van der Waals surface area contributed by atoms with Crippen LogP contribution in [-0.2, 0) is 18.7 Å². The minimum absolute atomic E-state index is 0.0585. The molecule has 1 spiro atoms. The molecule has 28 heavy (non-hydrogen) atoms. The summed E-state index contributed by atoms with van der Waals surface area (Å²) in [5.74, 6) is -0.0872. The van der Waals surface area contributed by atoms with Crippen molar-refractivity contribution in [2.75, 3.05) is 0 Å². The molecule has 0 radical (unpaired) electrons. The highest BCUT2D eigenvalue weighted by molar-refractivity contribution is 7.87. The first-order chi connectivity index (χ1) is 12.6. The third kappa shape index (κ3) is 5.13. The molecule has 0 aromatic heterocycles. The van der Waals surface area contributed by atoms with Crippen molar-refractivity contribution in [2.24, 2.45) is 10.8 Å². The summed E-state index contributed by atoms with van der Waals surface area (Å²) < 4.78 is 71.9. The van der Waals surface area contributed by atoms with Crippen molar-refractivity contribution in [3.05, 3.63) is 11.8 Å². The Labute approximate surface area is 169 Å². The van der Waals surface area contributed by atoms with Gasteiger partial charge in [0.15, 0.2) is 9.76 Å². The van der Waals surface area contributed by atoms with Crippen LogP contribution in [0.4, 0.5) is 13.2 Å². The van der Waals surface area contributed by atoms with Crippen LogP contribution < -0.4 is 0 Å². The zero-order valence-corrected chi connectivity index (χ0v) is 19.7. The van der Waals surface area contributed by atoms with E-state index in [2.05, 4.69) is 38.8 Å². The predicted molar refractivity (Wildman–Crippen MR) is 106 cm³/mol. The Kier molecular flexibility index (Phi) is 6.73. The quantitative estimate of drug-likeness (QED) is 0.334. The molecule has 1 atom stereocenters. The molecule has 4 nitrogen and oxygen atoms in total. The van der Waals surface area contributed by atoms with Crippen molar-refractivity contribution in [1.29, 1.82) is 0 Å². The van der Waals surface area contributed by atoms with Gasteiger partial charge in [-0.2, -0.15) is 21.6 Å². The summed E-state index contributed by atoms with van der Waals surface area (Å²) in [5.41, 5.74) is -5.65. The molecule has 0 amide bonds. The summed E-state index contributed by atoms with van der Waals surface area (Å²) in [6, 6.07) is 0. The maximum Gasteiger partial charge on any atom is 0.534 e. The van der Waals surface area contributed by atoms with Crippen LogP contribution in [0.2, 0.25) is 5.04 Å². The molecule has 0 heterocycles. The normalized spacial score (nSPS) is 24.6. The van der Waals surface area contributed by atoms with E-state index in [1.807, 2.05) is 0 Å². The van der Waals surface area contributed by atoms with Gasteiger partial charge in [0, 0.05) is 11.8 Å². The molecule has 0 aromatic carbocycles. The summed E-state index contributed by atoms with van der Waals surface area (Å²) >= 11 is 0. The standard InChI is InChI=1S/C19H33F3O4SSi/c1-16(2,3)17(4,5)28-26-15-10-9-14(25-27(23,24)19(20,21)22)13-18(15)11-7-6-8-12-18/h9,15H,6-8,10-13,28H2,1-5H3. The minimum atomic E-state index is -5.63. The molecule has 0 N–H and O–H groups in total. The third-order valence-corrected chi connectivity index (χ3v) is 10.1. The van der Waals surface area contributed by atoms with Gasteiger partial charge < -0.3 is 8.61 Å².